The SMILES string of the molecule is CCSC1CCC(NC(=O)[C@@H](N)CCc2ccccc2)C1. The first-order valence-corrected chi connectivity index (χ1v) is 8.95. The third-order valence-electron chi connectivity index (χ3n) is 4.06. The van der Waals surface area contributed by atoms with Crippen LogP contribution in [0, 0.1) is 0 Å². The highest BCUT2D eigenvalue weighted by atomic mass is 32.2. The van der Waals surface area contributed by atoms with Gasteiger partial charge in [0.05, 0.1) is 6.04 Å². The molecule has 3 nitrogen and oxygen atoms in total. The van der Waals surface area contributed by atoms with E-state index in [0.717, 1.165) is 25.0 Å². The van der Waals surface area contributed by atoms with Gasteiger partial charge in [-0.25, -0.2) is 0 Å². The highest BCUT2D eigenvalue weighted by Gasteiger charge is 2.27. The van der Waals surface area contributed by atoms with Crippen molar-refractivity contribution in [1.82, 2.24) is 5.32 Å². The van der Waals surface area contributed by atoms with E-state index in [1.54, 1.807) is 0 Å². The molecule has 0 heterocycles. The number of carbonyl (C=O) groups is 1. The molecule has 2 rings (SSSR count). The summed E-state index contributed by atoms with van der Waals surface area (Å²) >= 11 is 2.00. The Hall–Kier alpha value is -1.00. The smallest absolute Gasteiger partial charge is 0.237 e. The molecule has 1 aromatic carbocycles. The van der Waals surface area contributed by atoms with Crippen LogP contribution < -0.4 is 11.1 Å². The lowest BCUT2D eigenvalue weighted by Crippen LogP contribution is -2.44. The minimum Gasteiger partial charge on any atom is -0.352 e. The highest BCUT2D eigenvalue weighted by molar-refractivity contribution is 7.99. The molecular weight excluding hydrogens is 280 g/mol. The molecule has 3 atom stereocenters. The maximum atomic E-state index is 12.1. The van der Waals surface area contributed by atoms with Crippen LogP contribution in [-0.2, 0) is 11.2 Å². The van der Waals surface area contributed by atoms with Gasteiger partial charge in [0.2, 0.25) is 5.91 Å². The number of rotatable bonds is 7. The second kappa shape index (κ2) is 8.44. The van der Waals surface area contributed by atoms with Crippen molar-refractivity contribution in [2.75, 3.05) is 5.75 Å². The molecular formula is C17H26N2OS. The molecule has 1 amide bonds. The highest BCUT2D eigenvalue weighted by Crippen LogP contribution is 2.29. The Morgan fingerprint density at radius 1 is 1.38 bits per heavy atom. The molecule has 4 heteroatoms. The number of nitrogens with two attached hydrogens (primary N) is 1. The number of amides is 1. The first-order valence-electron chi connectivity index (χ1n) is 7.90. The topological polar surface area (TPSA) is 55.1 Å². The summed E-state index contributed by atoms with van der Waals surface area (Å²) in [4.78, 5) is 12.1. The second-order valence-corrected chi connectivity index (χ2v) is 7.30. The van der Waals surface area contributed by atoms with Crippen molar-refractivity contribution in [3.05, 3.63) is 35.9 Å². The van der Waals surface area contributed by atoms with Crippen molar-refractivity contribution in [3.63, 3.8) is 0 Å². The predicted molar refractivity (Wildman–Crippen MR) is 90.4 cm³/mol. The van der Waals surface area contributed by atoms with Crippen molar-refractivity contribution in [3.8, 4) is 0 Å². The van der Waals surface area contributed by atoms with Gasteiger partial charge in [-0.05, 0) is 43.4 Å². The zero-order chi connectivity index (χ0) is 15.1. The van der Waals surface area contributed by atoms with Gasteiger partial charge >= 0.3 is 0 Å². The van der Waals surface area contributed by atoms with Crippen LogP contribution in [0.4, 0.5) is 0 Å². The summed E-state index contributed by atoms with van der Waals surface area (Å²) in [7, 11) is 0. The van der Waals surface area contributed by atoms with E-state index >= 15 is 0 Å². The Kier molecular flexibility index (Phi) is 6.58. The predicted octanol–water partition coefficient (Wildman–Crippen LogP) is 2.74. The number of carbonyl (C=O) groups excluding carboxylic acids is 1. The minimum absolute atomic E-state index is 0.0121. The summed E-state index contributed by atoms with van der Waals surface area (Å²) in [6.45, 7) is 2.19. The van der Waals surface area contributed by atoms with Gasteiger partial charge in [0.25, 0.3) is 0 Å². The summed E-state index contributed by atoms with van der Waals surface area (Å²) < 4.78 is 0. The molecule has 3 N–H and O–H groups in total. The molecule has 21 heavy (non-hydrogen) atoms. The number of thioether (sulfide) groups is 1. The van der Waals surface area contributed by atoms with E-state index < -0.39 is 6.04 Å². The van der Waals surface area contributed by atoms with E-state index in [1.165, 1.54) is 12.0 Å². The Balaban J connectivity index is 1.70. The molecule has 1 aromatic rings. The molecule has 0 saturated heterocycles. The fourth-order valence-electron chi connectivity index (χ4n) is 2.86. The monoisotopic (exact) mass is 306 g/mol. The average molecular weight is 306 g/mol. The van der Waals surface area contributed by atoms with Crippen LogP contribution in [-0.4, -0.2) is 29.0 Å². The standard InChI is InChI=1S/C17H26N2OS/c1-2-21-15-10-9-14(12-15)19-17(20)16(18)11-8-13-6-4-3-5-7-13/h3-7,14-16H,2,8-12,18H2,1H3,(H,19,20)/t14?,15?,16-/m0/s1. The number of hydrogen-bond donors (Lipinski definition) is 2. The lowest BCUT2D eigenvalue weighted by molar-refractivity contribution is -0.123. The van der Waals surface area contributed by atoms with E-state index in [1.807, 2.05) is 30.0 Å². The van der Waals surface area contributed by atoms with Gasteiger partial charge in [-0.2, -0.15) is 11.8 Å². The van der Waals surface area contributed by atoms with Crippen molar-refractivity contribution in [1.29, 1.82) is 0 Å². The maximum Gasteiger partial charge on any atom is 0.237 e. The third-order valence-corrected chi connectivity index (χ3v) is 5.29. The zero-order valence-corrected chi connectivity index (χ0v) is 13.6. The zero-order valence-electron chi connectivity index (χ0n) is 12.8. The molecule has 116 valence electrons. The molecule has 0 radical (unpaired) electrons. The molecule has 1 fully saturated rings. The summed E-state index contributed by atoms with van der Waals surface area (Å²) in [6.07, 6.45) is 4.96. The van der Waals surface area contributed by atoms with Crippen LogP contribution >= 0.6 is 11.8 Å². The van der Waals surface area contributed by atoms with Crippen LogP contribution in [0.2, 0.25) is 0 Å². The largest absolute Gasteiger partial charge is 0.352 e. The van der Waals surface area contributed by atoms with Crippen molar-refractivity contribution >= 4 is 17.7 Å². The van der Waals surface area contributed by atoms with Crippen LogP contribution in [0.1, 0.15) is 38.2 Å². The van der Waals surface area contributed by atoms with Crippen molar-refractivity contribution < 1.29 is 4.79 Å². The summed E-state index contributed by atoms with van der Waals surface area (Å²) in [6, 6.07) is 10.1. The molecule has 0 bridgehead atoms. The lowest BCUT2D eigenvalue weighted by atomic mass is 10.0. The molecule has 1 aliphatic carbocycles. The van der Waals surface area contributed by atoms with Gasteiger partial charge < -0.3 is 11.1 Å². The van der Waals surface area contributed by atoms with Gasteiger partial charge in [-0.3, -0.25) is 4.79 Å². The number of benzene rings is 1. The fraction of sp³-hybridized carbons (Fsp3) is 0.588. The third kappa shape index (κ3) is 5.36. The number of aryl methyl sites for hydroxylation is 1. The van der Waals surface area contributed by atoms with E-state index in [4.69, 9.17) is 5.73 Å². The molecule has 1 saturated carbocycles. The second-order valence-electron chi connectivity index (χ2n) is 5.73. The van der Waals surface area contributed by atoms with Gasteiger partial charge in [0.1, 0.15) is 0 Å². The molecule has 1 aliphatic rings. The van der Waals surface area contributed by atoms with Gasteiger partial charge in [-0.15, -0.1) is 0 Å². The fourth-order valence-corrected chi connectivity index (χ4v) is 4.01. The average Bonchev–Trinajstić information content (AvgIpc) is 2.93. The minimum atomic E-state index is -0.400. The van der Waals surface area contributed by atoms with Gasteiger partial charge in [-0.1, -0.05) is 37.3 Å². The Morgan fingerprint density at radius 3 is 2.86 bits per heavy atom. The molecule has 0 aromatic heterocycles. The van der Waals surface area contributed by atoms with E-state index in [0.29, 0.717) is 17.7 Å². The first-order chi connectivity index (χ1) is 10.2. The quantitative estimate of drug-likeness (QED) is 0.814. The summed E-state index contributed by atoms with van der Waals surface area (Å²) in [5.74, 6) is 1.17. The molecule has 0 aliphatic heterocycles. The normalized spacial score (nSPS) is 23.0. The number of nitrogens with one attached hydrogen (secondary N) is 1. The molecule has 0 spiro atoms. The van der Waals surface area contributed by atoms with Gasteiger partial charge in [0, 0.05) is 11.3 Å². The Labute approximate surface area is 132 Å². The maximum absolute atomic E-state index is 12.1. The Morgan fingerprint density at radius 2 is 2.14 bits per heavy atom. The number of hydrogen-bond acceptors (Lipinski definition) is 3. The summed E-state index contributed by atoms with van der Waals surface area (Å²) in [5, 5.41) is 3.84. The van der Waals surface area contributed by atoms with Crippen LogP contribution in [0.25, 0.3) is 0 Å². The summed E-state index contributed by atoms with van der Waals surface area (Å²) in [5.41, 5.74) is 7.26. The van der Waals surface area contributed by atoms with E-state index in [-0.39, 0.29) is 5.91 Å². The van der Waals surface area contributed by atoms with Crippen LogP contribution in [0.15, 0.2) is 30.3 Å². The van der Waals surface area contributed by atoms with Crippen LogP contribution in [0.5, 0.6) is 0 Å². The van der Waals surface area contributed by atoms with Crippen LogP contribution in [0.3, 0.4) is 0 Å². The van der Waals surface area contributed by atoms with E-state index in [9.17, 15) is 4.79 Å². The van der Waals surface area contributed by atoms with Crippen molar-refractivity contribution in [2.45, 2.75) is 56.4 Å². The lowest BCUT2D eigenvalue weighted by Gasteiger charge is -2.17. The Bertz CT molecular complexity index is 438. The van der Waals surface area contributed by atoms with E-state index in [2.05, 4.69) is 24.4 Å². The first kappa shape index (κ1) is 16.4. The van der Waals surface area contributed by atoms with Gasteiger partial charge in [0.15, 0.2) is 0 Å². The van der Waals surface area contributed by atoms with Crippen molar-refractivity contribution in [2.24, 2.45) is 5.73 Å². The molecule has 2 unspecified atom stereocenters.